The third-order valence-corrected chi connectivity index (χ3v) is 6.74. The molecule has 2 aliphatic heterocycles. The Hall–Kier alpha value is -0.650. The van der Waals surface area contributed by atoms with Crippen LogP contribution in [0.4, 0.5) is 0 Å². The Kier molecular flexibility index (Phi) is 5.52. The quantitative estimate of drug-likeness (QED) is 0.852. The predicted octanol–water partition coefficient (Wildman–Crippen LogP) is 2.03. The molecule has 3 aliphatic rings. The maximum atomic E-state index is 12.8. The SMILES string of the molecule is CCO[C@@H]1C[C@@H](O)C12CCN(CC(=O)N1[C@H](C)CCC[C@@H]1C)CC2. The second-order valence-electron chi connectivity index (χ2n) is 8.13. The number of ether oxygens (including phenoxy) is 1. The third kappa shape index (κ3) is 3.23. The molecule has 1 saturated carbocycles. The molecule has 138 valence electrons. The predicted molar refractivity (Wildman–Crippen MR) is 93.8 cm³/mol. The van der Waals surface area contributed by atoms with E-state index < -0.39 is 0 Å². The van der Waals surface area contributed by atoms with E-state index >= 15 is 0 Å². The van der Waals surface area contributed by atoms with E-state index in [1.165, 1.54) is 6.42 Å². The van der Waals surface area contributed by atoms with Crippen LogP contribution in [-0.2, 0) is 9.53 Å². The lowest BCUT2D eigenvalue weighted by Gasteiger charge is -2.56. The summed E-state index contributed by atoms with van der Waals surface area (Å²) >= 11 is 0. The topological polar surface area (TPSA) is 53.0 Å². The van der Waals surface area contributed by atoms with Crippen molar-refractivity contribution in [2.24, 2.45) is 5.41 Å². The Morgan fingerprint density at radius 3 is 2.38 bits per heavy atom. The minimum Gasteiger partial charge on any atom is -0.392 e. The van der Waals surface area contributed by atoms with Gasteiger partial charge in [0.2, 0.25) is 5.91 Å². The maximum Gasteiger partial charge on any atom is 0.237 e. The summed E-state index contributed by atoms with van der Waals surface area (Å²) < 4.78 is 5.83. The number of nitrogens with zero attached hydrogens (tertiary/aromatic N) is 2. The van der Waals surface area contributed by atoms with Crippen molar-refractivity contribution in [1.29, 1.82) is 0 Å². The first kappa shape index (κ1) is 18.2. The van der Waals surface area contributed by atoms with Crippen LogP contribution in [0.15, 0.2) is 0 Å². The van der Waals surface area contributed by atoms with E-state index in [4.69, 9.17) is 4.74 Å². The molecule has 4 atom stereocenters. The fourth-order valence-corrected chi connectivity index (χ4v) is 5.13. The van der Waals surface area contributed by atoms with Crippen molar-refractivity contribution in [3.8, 4) is 0 Å². The van der Waals surface area contributed by atoms with Crippen LogP contribution in [0.5, 0.6) is 0 Å². The number of hydrogen-bond donors (Lipinski definition) is 1. The number of aliphatic hydroxyl groups is 1. The van der Waals surface area contributed by atoms with Crippen LogP contribution in [0.2, 0.25) is 0 Å². The summed E-state index contributed by atoms with van der Waals surface area (Å²) in [6.45, 7) is 9.40. The van der Waals surface area contributed by atoms with Crippen LogP contribution in [0.3, 0.4) is 0 Å². The molecule has 1 amide bonds. The lowest BCUT2D eigenvalue weighted by atomic mass is 9.58. The zero-order chi connectivity index (χ0) is 17.3. The monoisotopic (exact) mass is 338 g/mol. The number of likely N-dealkylation sites (tertiary alicyclic amines) is 2. The summed E-state index contributed by atoms with van der Waals surface area (Å²) in [6.07, 6.45) is 6.12. The lowest BCUT2D eigenvalue weighted by molar-refractivity contribution is -0.209. The molecule has 0 bridgehead atoms. The summed E-state index contributed by atoms with van der Waals surface area (Å²) in [4.78, 5) is 17.2. The summed E-state index contributed by atoms with van der Waals surface area (Å²) in [5.41, 5.74) is -0.0543. The summed E-state index contributed by atoms with van der Waals surface area (Å²) in [6, 6.07) is 0.737. The molecule has 3 rings (SSSR count). The molecule has 1 aliphatic carbocycles. The third-order valence-electron chi connectivity index (χ3n) is 6.74. The van der Waals surface area contributed by atoms with E-state index in [-0.39, 0.29) is 23.5 Å². The molecule has 24 heavy (non-hydrogen) atoms. The Morgan fingerprint density at radius 1 is 1.21 bits per heavy atom. The van der Waals surface area contributed by atoms with Crippen molar-refractivity contribution in [3.63, 3.8) is 0 Å². The number of piperidine rings is 2. The Morgan fingerprint density at radius 2 is 1.83 bits per heavy atom. The molecule has 0 radical (unpaired) electrons. The molecule has 0 aromatic rings. The zero-order valence-corrected chi connectivity index (χ0v) is 15.5. The van der Waals surface area contributed by atoms with E-state index in [1.807, 2.05) is 6.92 Å². The van der Waals surface area contributed by atoms with Gasteiger partial charge in [-0.3, -0.25) is 9.69 Å². The number of carbonyl (C=O) groups excluding carboxylic acids is 1. The van der Waals surface area contributed by atoms with Gasteiger partial charge in [-0.2, -0.15) is 0 Å². The van der Waals surface area contributed by atoms with Crippen LogP contribution < -0.4 is 0 Å². The fraction of sp³-hybridized carbons (Fsp3) is 0.947. The molecular formula is C19H34N2O3. The minimum atomic E-state index is -0.228. The van der Waals surface area contributed by atoms with Gasteiger partial charge in [0.05, 0.1) is 18.8 Å². The van der Waals surface area contributed by atoms with Gasteiger partial charge in [-0.15, -0.1) is 0 Å². The van der Waals surface area contributed by atoms with Gasteiger partial charge in [-0.05, 0) is 66.0 Å². The van der Waals surface area contributed by atoms with Gasteiger partial charge in [0.1, 0.15) is 0 Å². The molecule has 3 fully saturated rings. The zero-order valence-electron chi connectivity index (χ0n) is 15.5. The molecule has 1 N–H and O–H groups in total. The van der Waals surface area contributed by atoms with E-state index in [1.54, 1.807) is 0 Å². The van der Waals surface area contributed by atoms with Crippen molar-refractivity contribution in [2.45, 2.75) is 83.6 Å². The van der Waals surface area contributed by atoms with E-state index in [0.29, 0.717) is 25.2 Å². The second kappa shape index (κ2) is 7.30. The molecule has 5 nitrogen and oxygen atoms in total. The molecule has 0 aromatic carbocycles. The molecule has 5 heteroatoms. The molecule has 2 saturated heterocycles. The standard InChI is InChI=1S/C19H34N2O3/c1-4-24-17-12-16(22)19(17)8-10-20(11-9-19)13-18(23)21-14(2)6-5-7-15(21)3/h14-17,22H,4-13H2,1-3H3/t14-,15+,16-,17-/m1/s1. The Labute approximate surface area is 146 Å². The van der Waals surface area contributed by atoms with Crippen LogP contribution in [-0.4, -0.2) is 71.3 Å². The highest BCUT2D eigenvalue weighted by atomic mass is 16.5. The van der Waals surface area contributed by atoms with Crippen LogP contribution in [0, 0.1) is 5.41 Å². The largest absolute Gasteiger partial charge is 0.392 e. The Bertz CT molecular complexity index is 436. The first-order chi connectivity index (χ1) is 11.5. The van der Waals surface area contributed by atoms with E-state index in [2.05, 4.69) is 23.6 Å². The highest BCUT2D eigenvalue weighted by molar-refractivity contribution is 5.79. The minimum absolute atomic E-state index is 0.0543. The van der Waals surface area contributed by atoms with Gasteiger partial charge >= 0.3 is 0 Å². The first-order valence-electron chi connectivity index (χ1n) is 9.81. The van der Waals surface area contributed by atoms with Crippen molar-refractivity contribution in [2.75, 3.05) is 26.2 Å². The molecule has 0 aromatic heterocycles. The molecule has 0 unspecified atom stereocenters. The van der Waals surface area contributed by atoms with Gasteiger partial charge in [0.15, 0.2) is 0 Å². The molecule has 2 heterocycles. The number of carbonyl (C=O) groups is 1. The average molecular weight is 338 g/mol. The summed E-state index contributed by atoms with van der Waals surface area (Å²) in [5, 5.41) is 10.3. The van der Waals surface area contributed by atoms with Gasteiger partial charge < -0.3 is 14.7 Å². The second-order valence-corrected chi connectivity index (χ2v) is 8.13. The highest BCUT2D eigenvalue weighted by Crippen LogP contribution is 2.50. The smallest absolute Gasteiger partial charge is 0.237 e. The number of amides is 1. The van der Waals surface area contributed by atoms with Crippen molar-refractivity contribution >= 4 is 5.91 Å². The number of hydrogen-bond acceptors (Lipinski definition) is 4. The van der Waals surface area contributed by atoms with Gasteiger partial charge in [0.25, 0.3) is 0 Å². The fourth-order valence-electron chi connectivity index (χ4n) is 5.13. The average Bonchev–Trinajstić information content (AvgIpc) is 2.55. The molecule has 1 spiro atoms. The van der Waals surface area contributed by atoms with Crippen molar-refractivity contribution in [3.05, 3.63) is 0 Å². The number of aliphatic hydroxyl groups excluding tert-OH is 1. The van der Waals surface area contributed by atoms with Crippen molar-refractivity contribution < 1.29 is 14.6 Å². The first-order valence-corrected chi connectivity index (χ1v) is 9.81. The van der Waals surface area contributed by atoms with Crippen LogP contribution in [0.1, 0.15) is 59.3 Å². The number of rotatable bonds is 4. The normalized spacial score (nSPS) is 36.6. The lowest BCUT2D eigenvalue weighted by Crippen LogP contribution is -2.63. The van der Waals surface area contributed by atoms with Gasteiger partial charge in [0, 0.05) is 30.5 Å². The maximum absolute atomic E-state index is 12.8. The Balaban J connectivity index is 1.53. The van der Waals surface area contributed by atoms with E-state index in [9.17, 15) is 9.90 Å². The van der Waals surface area contributed by atoms with Crippen LogP contribution in [0.25, 0.3) is 0 Å². The van der Waals surface area contributed by atoms with Gasteiger partial charge in [-0.1, -0.05) is 0 Å². The van der Waals surface area contributed by atoms with Crippen LogP contribution >= 0.6 is 0 Å². The highest BCUT2D eigenvalue weighted by Gasteiger charge is 2.56. The van der Waals surface area contributed by atoms with E-state index in [0.717, 1.165) is 45.2 Å². The summed E-state index contributed by atoms with van der Waals surface area (Å²) in [5.74, 6) is 0.279. The molecular weight excluding hydrogens is 304 g/mol. The van der Waals surface area contributed by atoms with Crippen molar-refractivity contribution in [1.82, 2.24) is 9.80 Å². The van der Waals surface area contributed by atoms with Gasteiger partial charge in [-0.25, -0.2) is 0 Å². The summed E-state index contributed by atoms with van der Waals surface area (Å²) in [7, 11) is 0.